The van der Waals surface area contributed by atoms with Crippen LogP contribution >= 0.6 is 0 Å². The first-order valence-corrected chi connectivity index (χ1v) is 4.99. The Labute approximate surface area is 82.2 Å². The van der Waals surface area contributed by atoms with Crippen molar-refractivity contribution in [2.24, 2.45) is 0 Å². The average molecular weight is 179 g/mol. The largest absolute Gasteiger partial charge is 0.313 e. The van der Waals surface area contributed by atoms with E-state index in [0.29, 0.717) is 0 Å². The van der Waals surface area contributed by atoms with Crippen molar-refractivity contribution in [3.63, 3.8) is 0 Å². The second kappa shape index (κ2) is 9.27. The molecule has 0 spiro atoms. The molecule has 0 bridgehead atoms. The van der Waals surface area contributed by atoms with Crippen LogP contribution in [0, 0.1) is 0 Å². The van der Waals surface area contributed by atoms with E-state index in [1.807, 2.05) is 31.2 Å². The molecule has 0 atom stereocenters. The molecular formula is C12H21N. The summed E-state index contributed by atoms with van der Waals surface area (Å²) in [5.74, 6) is 0. The summed E-state index contributed by atoms with van der Waals surface area (Å²) in [6.07, 6.45) is 10.6. The van der Waals surface area contributed by atoms with E-state index in [-0.39, 0.29) is 0 Å². The first-order chi connectivity index (χ1) is 6.31. The fourth-order valence-electron chi connectivity index (χ4n) is 0.912. The molecule has 0 aliphatic rings. The van der Waals surface area contributed by atoms with Gasteiger partial charge in [0, 0.05) is 6.54 Å². The molecule has 0 unspecified atom stereocenters. The third-order valence-electron chi connectivity index (χ3n) is 1.69. The predicted octanol–water partition coefficient (Wildman–Crippen LogP) is 3.06. The van der Waals surface area contributed by atoms with Gasteiger partial charge in [-0.25, -0.2) is 0 Å². The van der Waals surface area contributed by atoms with Crippen LogP contribution in [0.5, 0.6) is 0 Å². The number of hydrogen-bond acceptors (Lipinski definition) is 1. The van der Waals surface area contributed by atoms with Crippen LogP contribution in [0.15, 0.2) is 36.5 Å². The van der Waals surface area contributed by atoms with Gasteiger partial charge in [0.05, 0.1) is 0 Å². The minimum atomic E-state index is 0.897. The summed E-state index contributed by atoms with van der Waals surface area (Å²) < 4.78 is 0. The molecule has 0 aromatic rings. The monoisotopic (exact) mass is 179 g/mol. The number of allylic oxidation sites excluding steroid dienone is 3. The maximum Gasteiger partial charge on any atom is 0.0199 e. The molecular weight excluding hydrogens is 158 g/mol. The molecule has 1 N–H and O–H groups in total. The zero-order valence-electron chi connectivity index (χ0n) is 8.84. The quantitative estimate of drug-likeness (QED) is 0.468. The highest BCUT2D eigenvalue weighted by Gasteiger charge is 1.87. The molecule has 0 aliphatic heterocycles. The molecule has 0 aliphatic carbocycles. The number of rotatable bonds is 7. The molecule has 1 nitrogen and oxygen atoms in total. The highest BCUT2D eigenvalue weighted by atomic mass is 14.8. The van der Waals surface area contributed by atoms with Crippen LogP contribution in [0.25, 0.3) is 0 Å². The van der Waals surface area contributed by atoms with Crippen LogP contribution in [-0.4, -0.2) is 13.1 Å². The maximum atomic E-state index is 3.94. The van der Waals surface area contributed by atoms with Crippen molar-refractivity contribution in [3.8, 4) is 0 Å². The van der Waals surface area contributed by atoms with Crippen LogP contribution in [-0.2, 0) is 0 Å². The van der Waals surface area contributed by atoms with E-state index in [2.05, 4.69) is 18.8 Å². The Hall–Kier alpha value is -0.820. The first-order valence-electron chi connectivity index (χ1n) is 4.99. The van der Waals surface area contributed by atoms with Crippen molar-refractivity contribution < 1.29 is 0 Å². The van der Waals surface area contributed by atoms with Crippen LogP contribution in [0.3, 0.4) is 0 Å². The van der Waals surface area contributed by atoms with Gasteiger partial charge in [-0.1, -0.05) is 44.2 Å². The van der Waals surface area contributed by atoms with E-state index in [0.717, 1.165) is 18.7 Å². The lowest BCUT2D eigenvalue weighted by Gasteiger charge is -2.02. The SMILES string of the molecule is C=C(/C=C\C=C/C)CNCCCC. The van der Waals surface area contributed by atoms with Crippen molar-refractivity contribution >= 4 is 0 Å². The summed E-state index contributed by atoms with van der Waals surface area (Å²) in [5, 5.41) is 3.34. The number of unbranched alkanes of at least 4 members (excludes halogenated alkanes) is 1. The van der Waals surface area contributed by atoms with E-state index in [4.69, 9.17) is 0 Å². The van der Waals surface area contributed by atoms with Crippen molar-refractivity contribution in [3.05, 3.63) is 36.5 Å². The minimum absolute atomic E-state index is 0.897. The first kappa shape index (κ1) is 12.2. The Morgan fingerprint density at radius 1 is 1.38 bits per heavy atom. The van der Waals surface area contributed by atoms with Crippen molar-refractivity contribution in [1.29, 1.82) is 0 Å². The summed E-state index contributed by atoms with van der Waals surface area (Å²) >= 11 is 0. The lowest BCUT2D eigenvalue weighted by atomic mass is 10.2. The lowest BCUT2D eigenvalue weighted by molar-refractivity contribution is 0.675. The Bertz CT molecular complexity index is 178. The summed E-state index contributed by atoms with van der Waals surface area (Å²) in [6, 6.07) is 0. The summed E-state index contributed by atoms with van der Waals surface area (Å²) in [7, 11) is 0. The average Bonchev–Trinajstić information content (AvgIpc) is 2.13. The highest BCUT2D eigenvalue weighted by Crippen LogP contribution is 1.91. The Kier molecular flexibility index (Phi) is 8.68. The molecule has 74 valence electrons. The molecule has 0 saturated heterocycles. The van der Waals surface area contributed by atoms with Crippen LogP contribution in [0.4, 0.5) is 0 Å². The van der Waals surface area contributed by atoms with E-state index < -0.39 is 0 Å². The predicted molar refractivity (Wildman–Crippen MR) is 60.9 cm³/mol. The molecule has 0 radical (unpaired) electrons. The summed E-state index contributed by atoms with van der Waals surface area (Å²) in [5.41, 5.74) is 1.13. The molecule has 13 heavy (non-hydrogen) atoms. The molecule has 0 heterocycles. The van der Waals surface area contributed by atoms with E-state index in [9.17, 15) is 0 Å². The Morgan fingerprint density at radius 2 is 2.15 bits per heavy atom. The van der Waals surface area contributed by atoms with E-state index in [1.165, 1.54) is 12.8 Å². The molecule has 0 aromatic heterocycles. The maximum absolute atomic E-state index is 3.94. The Morgan fingerprint density at radius 3 is 2.77 bits per heavy atom. The van der Waals surface area contributed by atoms with Crippen LogP contribution in [0.2, 0.25) is 0 Å². The minimum Gasteiger partial charge on any atom is -0.313 e. The normalized spacial score (nSPS) is 11.5. The second-order valence-electron chi connectivity index (χ2n) is 3.07. The Balaban J connectivity index is 3.40. The summed E-state index contributed by atoms with van der Waals surface area (Å²) in [4.78, 5) is 0. The van der Waals surface area contributed by atoms with E-state index in [1.54, 1.807) is 0 Å². The smallest absolute Gasteiger partial charge is 0.0199 e. The zero-order chi connectivity index (χ0) is 9.94. The van der Waals surface area contributed by atoms with Gasteiger partial charge in [-0.05, 0) is 25.5 Å². The van der Waals surface area contributed by atoms with Gasteiger partial charge in [-0.3, -0.25) is 0 Å². The third-order valence-corrected chi connectivity index (χ3v) is 1.69. The van der Waals surface area contributed by atoms with Crippen LogP contribution in [0.1, 0.15) is 26.7 Å². The van der Waals surface area contributed by atoms with Gasteiger partial charge in [-0.2, -0.15) is 0 Å². The van der Waals surface area contributed by atoms with Gasteiger partial charge in [0.25, 0.3) is 0 Å². The van der Waals surface area contributed by atoms with Gasteiger partial charge in [0.2, 0.25) is 0 Å². The van der Waals surface area contributed by atoms with Gasteiger partial charge >= 0.3 is 0 Å². The lowest BCUT2D eigenvalue weighted by Crippen LogP contribution is -2.17. The fraction of sp³-hybridized carbons (Fsp3) is 0.500. The zero-order valence-corrected chi connectivity index (χ0v) is 8.84. The van der Waals surface area contributed by atoms with Crippen molar-refractivity contribution in [1.82, 2.24) is 5.32 Å². The fourth-order valence-corrected chi connectivity index (χ4v) is 0.912. The molecule has 0 fully saturated rings. The number of nitrogens with one attached hydrogen (secondary N) is 1. The van der Waals surface area contributed by atoms with Gasteiger partial charge in [-0.15, -0.1) is 0 Å². The van der Waals surface area contributed by atoms with Crippen LogP contribution < -0.4 is 5.32 Å². The standard InChI is InChI=1S/C12H21N/c1-4-6-8-9-12(3)11-13-10-7-5-2/h4,6,8-9,13H,3,5,7,10-11H2,1-2H3/b6-4-,9-8-. The van der Waals surface area contributed by atoms with Crippen molar-refractivity contribution in [2.45, 2.75) is 26.7 Å². The highest BCUT2D eigenvalue weighted by molar-refractivity contribution is 5.19. The second-order valence-corrected chi connectivity index (χ2v) is 3.07. The molecule has 0 rings (SSSR count). The number of hydrogen-bond donors (Lipinski definition) is 1. The van der Waals surface area contributed by atoms with Crippen molar-refractivity contribution in [2.75, 3.05) is 13.1 Å². The summed E-state index contributed by atoms with van der Waals surface area (Å²) in [6.45, 7) is 10.1. The topological polar surface area (TPSA) is 12.0 Å². The molecule has 1 heteroatoms. The van der Waals surface area contributed by atoms with Gasteiger partial charge in [0.15, 0.2) is 0 Å². The van der Waals surface area contributed by atoms with Gasteiger partial charge in [0.1, 0.15) is 0 Å². The van der Waals surface area contributed by atoms with Gasteiger partial charge < -0.3 is 5.32 Å². The third kappa shape index (κ3) is 9.09. The molecule has 0 aromatic carbocycles. The molecule has 0 saturated carbocycles. The van der Waals surface area contributed by atoms with E-state index >= 15 is 0 Å². The molecule has 0 amide bonds.